The first-order valence-corrected chi connectivity index (χ1v) is 8.74. The lowest BCUT2D eigenvalue weighted by Crippen LogP contribution is -2.42. The second-order valence-corrected chi connectivity index (χ2v) is 6.50. The van der Waals surface area contributed by atoms with Crippen molar-refractivity contribution in [2.75, 3.05) is 19.6 Å². The average molecular weight is 310 g/mol. The molecule has 1 unspecified atom stereocenters. The molecule has 0 aliphatic carbocycles. The minimum Gasteiger partial charge on any atom is -0.356 e. The molecule has 1 aliphatic rings. The number of carbonyl (C=O) groups is 1. The summed E-state index contributed by atoms with van der Waals surface area (Å²) < 4.78 is 0. The normalized spacial score (nSPS) is 18.9. The number of carbonyl (C=O) groups excluding carboxylic acids is 1. The molecule has 3 rings (SSSR count). The predicted molar refractivity (Wildman–Crippen MR) is 95.2 cm³/mol. The van der Waals surface area contributed by atoms with E-state index in [0.29, 0.717) is 0 Å². The van der Waals surface area contributed by atoms with Gasteiger partial charge in [0, 0.05) is 19.6 Å². The van der Waals surface area contributed by atoms with Crippen LogP contribution in [0.5, 0.6) is 0 Å². The van der Waals surface area contributed by atoms with Crippen LogP contribution in [0.15, 0.2) is 42.5 Å². The molecule has 1 N–H and O–H groups in total. The van der Waals surface area contributed by atoms with Crippen LogP contribution in [0.2, 0.25) is 0 Å². The SMILES string of the molecule is CCCNC(=O)C1CCCN(Cc2cccc3ccccc23)C1. The summed E-state index contributed by atoms with van der Waals surface area (Å²) in [5, 5.41) is 5.67. The Morgan fingerprint density at radius 3 is 2.91 bits per heavy atom. The highest BCUT2D eigenvalue weighted by Gasteiger charge is 2.25. The Bertz CT molecular complexity index is 662. The third kappa shape index (κ3) is 3.91. The molecule has 0 spiro atoms. The Morgan fingerprint density at radius 1 is 1.22 bits per heavy atom. The lowest BCUT2D eigenvalue weighted by atomic mass is 9.96. The number of piperidine rings is 1. The van der Waals surface area contributed by atoms with Gasteiger partial charge in [0.25, 0.3) is 0 Å². The Kier molecular flexibility index (Phi) is 5.29. The van der Waals surface area contributed by atoms with Gasteiger partial charge in [0.1, 0.15) is 0 Å². The molecule has 0 aromatic heterocycles. The quantitative estimate of drug-likeness (QED) is 0.915. The highest BCUT2D eigenvalue weighted by atomic mass is 16.1. The van der Waals surface area contributed by atoms with Crippen LogP contribution in [0, 0.1) is 5.92 Å². The van der Waals surface area contributed by atoms with Gasteiger partial charge in [-0.1, -0.05) is 49.4 Å². The molecule has 1 atom stereocenters. The summed E-state index contributed by atoms with van der Waals surface area (Å²) in [6.45, 7) is 5.77. The highest BCUT2D eigenvalue weighted by molar-refractivity contribution is 5.85. The summed E-state index contributed by atoms with van der Waals surface area (Å²) in [7, 11) is 0. The Hall–Kier alpha value is -1.87. The van der Waals surface area contributed by atoms with E-state index in [1.54, 1.807) is 0 Å². The van der Waals surface area contributed by atoms with Crippen molar-refractivity contribution in [3.63, 3.8) is 0 Å². The van der Waals surface area contributed by atoms with Gasteiger partial charge in [0.05, 0.1) is 5.92 Å². The third-order valence-electron chi connectivity index (χ3n) is 4.70. The number of amides is 1. The van der Waals surface area contributed by atoms with Crippen molar-refractivity contribution in [1.29, 1.82) is 0 Å². The Labute approximate surface area is 138 Å². The number of benzene rings is 2. The van der Waals surface area contributed by atoms with Gasteiger partial charge < -0.3 is 5.32 Å². The lowest BCUT2D eigenvalue weighted by molar-refractivity contribution is -0.126. The van der Waals surface area contributed by atoms with Crippen molar-refractivity contribution < 1.29 is 4.79 Å². The summed E-state index contributed by atoms with van der Waals surface area (Å²) in [4.78, 5) is 14.7. The van der Waals surface area contributed by atoms with Gasteiger partial charge in [-0.2, -0.15) is 0 Å². The molecule has 1 fully saturated rings. The zero-order valence-corrected chi connectivity index (χ0v) is 13.9. The second-order valence-electron chi connectivity index (χ2n) is 6.50. The predicted octanol–water partition coefficient (Wildman–Crippen LogP) is 3.58. The molecule has 2 aromatic rings. The van der Waals surface area contributed by atoms with Crippen LogP contribution in [0.25, 0.3) is 10.8 Å². The van der Waals surface area contributed by atoms with Gasteiger partial charge in [-0.3, -0.25) is 9.69 Å². The number of hydrogen-bond acceptors (Lipinski definition) is 2. The number of fused-ring (bicyclic) bond motifs is 1. The van der Waals surface area contributed by atoms with E-state index in [9.17, 15) is 4.79 Å². The number of nitrogens with one attached hydrogen (secondary N) is 1. The van der Waals surface area contributed by atoms with Crippen LogP contribution in [-0.4, -0.2) is 30.4 Å². The number of likely N-dealkylation sites (tertiary alicyclic amines) is 1. The largest absolute Gasteiger partial charge is 0.356 e. The molecule has 1 saturated heterocycles. The van der Waals surface area contributed by atoms with E-state index >= 15 is 0 Å². The fourth-order valence-electron chi connectivity index (χ4n) is 3.48. The summed E-state index contributed by atoms with van der Waals surface area (Å²) in [6.07, 6.45) is 3.12. The standard InChI is InChI=1S/C20H26N2O/c1-2-12-21-20(23)18-10-6-13-22(15-18)14-17-9-5-8-16-7-3-4-11-19(16)17/h3-5,7-9,11,18H,2,6,10,12-15H2,1H3,(H,21,23). The van der Waals surface area contributed by atoms with E-state index in [2.05, 4.69) is 59.6 Å². The maximum atomic E-state index is 12.2. The number of hydrogen-bond donors (Lipinski definition) is 1. The molecule has 1 amide bonds. The summed E-state index contributed by atoms with van der Waals surface area (Å²) >= 11 is 0. The topological polar surface area (TPSA) is 32.3 Å². The molecule has 0 radical (unpaired) electrons. The van der Waals surface area contributed by atoms with Crippen LogP contribution >= 0.6 is 0 Å². The minimum absolute atomic E-state index is 0.144. The highest BCUT2D eigenvalue weighted by Crippen LogP contribution is 2.23. The van der Waals surface area contributed by atoms with Crippen LogP contribution in [0.4, 0.5) is 0 Å². The van der Waals surface area contributed by atoms with Gasteiger partial charge in [0.2, 0.25) is 5.91 Å². The molecule has 0 bridgehead atoms. The van der Waals surface area contributed by atoms with Crippen LogP contribution in [-0.2, 0) is 11.3 Å². The molecule has 23 heavy (non-hydrogen) atoms. The summed E-state index contributed by atoms with van der Waals surface area (Å²) in [6, 6.07) is 15.0. The second kappa shape index (κ2) is 7.60. The van der Waals surface area contributed by atoms with Crippen molar-refractivity contribution in [2.45, 2.75) is 32.7 Å². The first-order valence-electron chi connectivity index (χ1n) is 8.74. The van der Waals surface area contributed by atoms with E-state index in [1.807, 2.05) is 0 Å². The first-order chi connectivity index (χ1) is 11.3. The zero-order valence-electron chi connectivity index (χ0n) is 13.9. The Balaban J connectivity index is 1.68. The van der Waals surface area contributed by atoms with Gasteiger partial charge in [0.15, 0.2) is 0 Å². The van der Waals surface area contributed by atoms with Gasteiger partial charge in [-0.25, -0.2) is 0 Å². The van der Waals surface area contributed by atoms with Gasteiger partial charge >= 0.3 is 0 Å². The fraction of sp³-hybridized carbons (Fsp3) is 0.450. The summed E-state index contributed by atoms with van der Waals surface area (Å²) in [5.41, 5.74) is 1.36. The van der Waals surface area contributed by atoms with Gasteiger partial charge in [-0.15, -0.1) is 0 Å². The monoisotopic (exact) mass is 310 g/mol. The Morgan fingerprint density at radius 2 is 2.04 bits per heavy atom. The molecule has 122 valence electrons. The van der Waals surface area contributed by atoms with E-state index in [-0.39, 0.29) is 11.8 Å². The van der Waals surface area contributed by atoms with E-state index in [4.69, 9.17) is 0 Å². The van der Waals surface area contributed by atoms with Crippen molar-refractivity contribution in [3.8, 4) is 0 Å². The average Bonchev–Trinajstić information content (AvgIpc) is 2.60. The van der Waals surface area contributed by atoms with E-state index in [0.717, 1.165) is 45.4 Å². The van der Waals surface area contributed by atoms with E-state index < -0.39 is 0 Å². The number of rotatable bonds is 5. The maximum Gasteiger partial charge on any atom is 0.224 e. The minimum atomic E-state index is 0.144. The third-order valence-corrected chi connectivity index (χ3v) is 4.70. The van der Waals surface area contributed by atoms with Gasteiger partial charge in [-0.05, 0) is 42.1 Å². The molecular weight excluding hydrogens is 284 g/mol. The summed E-state index contributed by atoms with van der Waals surface area (Å²) in [5.74, 6) is 0.375. The molecule has 2 aromatic carbocycles. The maximum absolute atomic E-state index is 12.2. The van der Waals surface area contributed by atoms with Crippen LogP contribution in [0.1, 0.15) is 31.7 Å². The fourth-order valence-corrected chi connectivity index (χ4v) is 3.48. The zero-order chi connectivity index (χ0) is 16.1. The van der Waals surface area contributed by atoms with Crippen molar-refractivity contribution in [2.24, 2.45) is 5.92 Å². The molecule has 0 saturated carbocycles. The molecule has 3 heteroatoms. The smallest absolute Gasteiger partial charge is 0.224 e. The first kappa shape index (κ1) is 16.0. The van der Waals surface area contributed by atoms with Crippen molar-refractivity contribution in [1.82, 2.24) is 10.2 Å². The lowest BCUT2D eigenvalue weighted by Gasteiger charge is -2.32. The molecule has 1 heterocycles. The molecule has 1 aliphatic heterocycles. The van der Waals surface area contributed by atoms with E-state index in [1.165, 1.54) is 16.3 Å². The van der Waals surface area contributed by atoms with Crippen LogP contribution in [0.3, 0.4) is 0 Å². The van der Waals surface area contributed by atoms with Crippen molar-refractivity contribution in [3.05, 3.63) is 48.0 Å². The van der Waals surface area contributed by atoms with Crippen LogP contribution < -0.4 is 5.32 Å². The molecular formula is C20H26N2O. The number of nitrogens with zero attached hydrogens (tertiary/aromatic N) is 1. The van der Waals surface area contributed by atoms with Crippen molar-refractivity contribution >= 4 is 16.7 Å². The molecule has 3 nitrogen and oxygen atoms in total.